The van der Waals surface area contributed by atoms with Crippen LogP contribution >= 0.6 is 11.6 Å². The minimum atomic E-state index is -0.315. The van der Waals surface area contributed by atoms with Crippen LogP contribution in [0.15, 0.2) is 6.20 Å². The summed E-state index contributed by atoms with van der Waals surface area (Å²) < 4.78 is 5.91. The number of ether oxygens (including phenoxy) is 1. The minimum Gasteiger partial charge on any atom is -0.489 e. The van der Waals surface area contributed by atoms with Gasteiger partial charge in [0.25, 0.3) is 0 Å². The summed E-state index contributed by atoms with van der Waals surface area (Å²) in [7, 11) is 0. The van der Waals surface area contributed by atoms with Crippen LogP contribution in [0.3, 0.4) is 0 Å². The van der Waals surface area contributed by atoms with Crippen molar-refractivity contribution in [1.82, 2.24) is 4.98 Å². The Morgan fingerprint density at radius 1 is 1.48 bits per heavy atom. The summed E-state index contributed by atoms with van der Waals surface area (Å²) in [5.41, 5.74) is 0.933. The van der Waals surface area contributed by atoms with Crippen LogP contribution in [0.5, 0.6) is 5.75 Å². The van der Waals surface area contributed by atoms with Crippen molar-refractivity contribution in [3.63, 3.8) is 0 Å². The molecule has 1 aromatic rings. The van der Waals surface area contributed by atoms with E-state index in [1.54, 1.807) is 6.20 Å². The highest BCUT2D eigenvalue weighted by atomic mass is 35.5. The summed E-state index contributed by atoms with van der Waals surface area (Å²) in [4.78, 5) is 6.70. The van der Waals surface area contributed by atoms with Crippen LogP contribution in [0.4, 0.5) is 5.82 Å². The lowest BCUT2D eigenvalue weighted by molar-refractivity contribution is 0.0527. The molecule has 0 aliphatic carbocycles. The molecule has 2 aliphatic heterocycles. The molecule has 116 valence electrons. The Bertz CT molecular complexity index is 535. The molecule has 0 saturated carbocycles. The molecule has 0 spiro atoms. The molecular formula is C16H23ClN2O2. The van der Waals surface area contributed by atoms with Gasteiger partial charge in [0.2, 0.25) is 0 Å². The van der Waals surface area contributed by atoms with E-state index >= 15 is 0 Å². The zero-order chi connectivity index (χ0) is 15.1. The highest BCUT2D eigenvalue weighted by molar-refractivity contribution is 6.31. The number of pyridine rings is 1. The van der Waals surface area contributed by atoms with Gasteiger partial charge in [-0.05, 0) is 25.2 Å². The number of aliphatic hydroxyl groups excluding tert-OH is 1. The van der Waals surface area contributed by atoms with E-state index in [9.17, 15) is 5.11 Å². The predicted octanol–water partition coefficient (Wildman–Crippen LogP) is 3.04. The number of rotatable bonds is 1. The van der Waals surface area contributed by atoms with Gasteiger partial charge in [0.15, 0.2) is 11.6 Å². The van der Waals surface area contributed by atoms with E-state index in [4.69, 9.17) is 16.3 Å². The number of hydrogen-bond donors (Lipinski definition) is 1. The van der Waals surface area contributed by atoms with Crippen molar-refractivity contribution in [3.05, 3.63) is 16.8 Å². The van der Waals surface area contributed by atoms with Crippen molar-refractivity contribution in [2.75, 3.05) is 18.1 Å². The number of hydrogen-bond acceptors (Lipinski definition) is 4. The molecule has 1 N–H and O–H groups in total. The topological polar surface area (TPSA) is 45.6 Å². The van der Waals surface area contributed by atoms with E-state index < -0.39 is 0 Å². The highest BCUT2D eigenvalue weighted by Gasteiger charge is 2.39. The molecule has 1 fully saturated rings. The normalized spacial score (nSPS) is 28.7. The van der Waals surface area contributed by atoms with E-state index in [-0.39, 0.29) is 6.10 Å². The third-order valence-electron chi connectivity index (χ3n) is 4.89. The monoisotopic (exact) mass is 310 g/mol. The number of halogens is 1. The SMILES string of the molecule is Cc1c(Cl)cnc2c1OCCC1CC(C(C)C)C(O)CN21. The van der Waals surface area contributed by atoms with Crippen molar-refractivity contribution in [1.29, 1.82) is 0 Å². The quantitative estimate of drug-likeness (QED) is 0.866. The second kappa shape index (κ2) is 5.65. The molecule has 5 heteroatoms. The van der Waals surface area contributed by atoms with E-state index in [1.165, 1.54) is 0 Å². The fraction of sp³-hybridized carbons (Fsp3) is 0.688. The van der Waals surface area contributed by atoms with Gasteiger partial charge >= 0.3 is 0 Å². The molecule has 3 rings (SSSR count). The smallest absolute Gasteiger partial charge is 0.172 e. The first-order valence-electron chi connectivity index (χ1n) is 7.71. The maximum absolute atomic E-state index is 10.5. The summed E-state index contributed by atoms with van der Waals surface area (Å²) in [6.07, 6.45) is 3.32. The molecule has 2 aliphatic rings. The summed E-state index contributed by atoms with van der Waals surface area (Å²) >= 11 is 6.16. The fourth-order valence-corrected chi connectivity index (χ4v) is 3.69. The van der Waals surface area contributed by atoms with Crippen molar-refractivity contribution >= 4 is 17.4 Å². The van der Waals surface area contributed by atoms with Crippen LogP contribution in [0.25, 0.3) is 0 Å². The molecule has 0 amide bonds. The van der Waals surface area contributed by atoms with Crippen LogP contribution in [-0.2, 0) is 0 Å². The van der Waals surface area contributed by atoms with Gasteiger partial charge < -0.3 is 14.7 Å². The van der Waals surface area contributed by atoms with Crippen LogP contribution < -0.4 is 9.64 Å². The Hall–Kier alpha value is -1.00. The number of nitrogens with zero attached hydrogens (tertiary/aromatic N) is 2. The van der Waals surface area contributed by atoms with Crippen LogP contribution in [-0.4, -0.2) is 35.4 Å². The Labute approximate surface area is 131 Å². The first-order valence-corrected chi connectivity index (χ1v) is 8.09. The van der Waals surface area contributed by atoms with Crippen molar-refractivity contribution in [3.8, 4) is 5.75 Å². The third-order valence-corrected chi connectivity index (χ3v) is 5.27. The number of aliphatic hydroxyl groups is 1. The Morgan fingerprint density at radius 3 is 2.95 bits per heavy atom. The van der Waals surface area contributed by atoms with Gasteiger partial charge in [-0.15, -0.1) is 0 Å². The first-order chi connectivity index (χ1) is 9.99. The third kappa shape index (κ3) is 2.59. The molecule has 0 aromatic carbocycles. The maximum Gasteiger partial charge on any atom is 0.172 e. The van der Waals surface area contributed by atoms with Gasteiger partial charge in [0, 0.05) is 30.8 Å². The van der Waals surface area contributed by atoms with Crippen LogP contribution in [0.2, 0.25) is 5.02 Å². The van der Waals surface area contributed by atoms with Crippen LogP contribution in [0, 0.1) is 18.8 Å². The van der Waals surface area contributed by atoms with Gasteiger partial charge in [-0.2, -0.15) is 0 Å². The molecule has 0 bridgehead atoms. The van der Waals surface area contributed by atoms with Crippen molar-refractivity contribution in [2.45, 2.75) is 45.8 Å². The maximum atomic E-state index is 10.5. The molecule has 3 heterocycles. The van der Waals surface area contributed by atoms with Crippen molar-refractivity contribution < 1.29 is 9.84 Å². The Morgan fingerprint density at radius 2 is 2.24 bits per heavy atom. The Kier molecular flexibility index (Phi) is 4.02. The van der Waals surface area contributed by atoms with E-state index in [2.05, 4.69) is 23.7 Å². The number of aromatic nitrogens is 1. The Balaban J connectivity index is 1.96. The second-order valence-electron chi connectivity index (χ2n) is 6.54. The lowest BCUT2D eigenvalue weighted by Gasteiger charge is -2.43. The summed E-state index contributed by atoms with van der Waals surface area (Å²) in [6, 6.07) is 0.384. The summed E-state index contributed by atoms with van der Waals surface area (Å²) in [6.45, 7) is 7.64. The zero-order valence-corrected chi connectivity index (χ0v) is 13.6. The molecule has 3 unspecified atom stereocenters. The number of anilines is 1. The number of piperidine rings is 1. The van der Waals surface area contributed by atoms with E-state index in [0.717, 1.165) is 30.0 Å². The molecule has 1 aromatic heterocycles. The minimum absolute atomic E-state index is 0.315. The first kappa shape index (κ1) is 14.9. The van der Waals surface area contributed by atoms with E-state index in [0.29, 0.717) is 36.1 Å². The van der Waals surface area contributed by atoms with Gasteiger partial charge in [-0.1, -0.05) is 25.4 Å². The van der Waals surface area contributed by atoms with Gasteiger partial charge in [-0.25, -0.2) is 4.98 Å². The summed E-state index contributed by atoms with van der Waals surface area (Å²) in [5.74, 6) is 2.45. The second-order valence-corrected chi connectivity index (χ2v) is 6.95. The fourth-order valence-electron chi connectivity index (χ4n) is 3.56. The van der Waals surface area contributed by atoms with Crippen LogP contribution in [0.1, 0.15) is 32.3 Å². The molecule has 3 atom stereocenters. The molecule has 1 saturated heterocycles. The van der Waals surface area contributed by atoms with Crippen molar-refractivity contribution in [2.24, 2.45) is 11.8 Å². The largest absolute Gasteiger partial charge is 0.489 e. The predicted molar refractivity (Wildman–Crippen MR) is 84.2 cm³/mol. The summed E-state index contributed by atoms with van der Waals surface area (Å²) in [5, 5.41) is 11.1. The molecular weight excluding hydrogens is 288 g/mol. The molecule has 0 radical (unpaired) electrons. The highest BCUT2D eigenvalue weighted by Crippen LogP contribution is 2.41. The van der Waals surface area contributed by atoms with E-state index in [1.807, 2.05) is 6.92 Å². The molecule has 21 heavy (non-hydrogen) atoms. The zero-order valence-electron chi connectivity index (χ0n) is 12.8. The van der Waals surface area contributed by atoms with Gasteiger partial charge in [0.05, 0.1) is 17.7 Å². The average Bonchev–Trinajstić information content (AvgIpc) is 2.61. The molecule has 4 nitrogen and oxygen atoms in total. The average molecular weight is 311 g/mol. The van der Waals surface area contributed by atoms with Gasteiger partial charge in [-0.3, -0.25) is 0 Å². The lowest BCUT2D eigenvalue weighted by Crippen LogP contribution is -2.51. The number of fused-ring (bicyclic) bond motifs is 3. The standard InChI is InChI=1S/C16H23ClN2O2/c1-9(2)12-6-11-4-5-21-15-10(3)13(17)7-18-16(15)19(11)8-14(12)20/h7,9,11-12,14,20H,4-6,8H2,1-3H3. The van der Waals surface area contributed by atoms with Gasteiger partial charge in [0.1, 0.15) is 0 Å². The lowest BCUT2D eigenvalue weighted by atomic mass is 9.80.